The van der Waals surface area contributed by atoms with Gasteiger partial charge in [0, 0.05) is 11.6 Å². The lowest BCUT2D eigenvalue weighted by atomic mass is 10.2. The average Bonchev–Trinajstić information content (AvgIpc) is 2.21. The van der Waals surface area contributed by atoms with Gasteiger partial charge in [-0.25, -0.2) is 5.25 Å². The van der Waals surface area contributed by atoms with Crippen LogP contribution < -0.4 is 5.25 Å². The Labute approximate surface area is 81.6 Å². The predicted octanol–water partition coefficient (Wildman–Crippen LogP) is 1.51. The van der Waals surface area contributed by atoms with Gasteiger partial charge < -0.3 is 5.48 Å². The molecule has 0 radical (unpaired) electrons. The van der Waals surface area contributed by atoms with Crippen molar-refractivity contribution < 1.29 is 5.48 Å². The first-order chi connectivity index (χ1) is 5.97. The van der Waals surface area contributed by atoms with Gasteiger partial charge in [-0.2, -0.15) is 0 Å². The molecule has 0 aliphatic heterocycles. The van der Waals surface area contributed by atoms with Crippen LogP contribution in [0.3, 0.4) is 0 Å². The van der Waals surface area contributed by atoms with E-state index in [2.05, 4.69) is 34.1 Å². The van der Waals surface area contributed by atoms with Crippen LogP contribution >= 0.6 is 11.8 Å². The van der Waals surface area contributed by atoms with Crippen LogP contribution in [0.15, 0.2) is 42.6 Å². The Balaban J connectivity index is 0.000000451. The number of halogens is 1. The summed E-state index contributed by atoms with van der Waals surface area (Å²) in [5.74, 6) is 0. The van der Waals surface area contributed by atoms with E-state index < -0.39 is 0 Å². The van der Waals surface area contributed by atoms with Crippen LogP contribution in [0.1, 0.15) is 0 Å². The molecule has 0 aliphatic carbocycles. The molecule has 0 fully saturated rings. The molecular formula is C9H11ClN2O. The lowest BCUT2D eigenvalue weighted by molar-refractivity contribution is 0.824. The highest BCUT2D eigenvalue weighted by atomic mass is 35.5. The molecule has 0 saturated heterocycles. The molecule has 1 heterocycles. The van der Waals surface area contributed by atoms with Crippen molar-refractivity contribution in [3.63, 3.8) is 0 Å². The number of hydrogen-bond acceptors (Lipinski definition) is 2. The van der Waals surface area contributed by atoms with Crippen molar-refractivity contribution in [3.8, 4) is 0 Å². The predicted molar refractivity (Wildman–Crippen MR) is 55.4 cm³/mol. The second-order valence-corrected chi connectivity index (χ2v) is 2.20. The summed E-state index contributed by atoms with van der Waals surface area (Å²) in [5.41, 5.74) is 1.06. The Kier molecular flexibility index (Phi) is 5.80. The quantitative estimate of drug-likeness (QED) is 0.652. The standard InChI is InChI=1S/C9H7N.ClH2N.H2O/c1-2-6-9-8(4-1)5-3-7-10-9;1-2;/h1-7H;2H2;1H2. The van der Waals surface area contributed by atoms with Crippen LogP contribution in [0.4, 0.5) is 0 Å². The van der Waals surface area contributed by atoms with E-state index in [0.717, 1.165) is 5.52 Å². The SMILES string of the molecule is NCl.O.c1ccc2ncccc2c1. The van der Waals surface area contributed by atoms with E-state index in [0.29, 0.717) is 0 Å². The first-order valence-corrected chi connectivity index (χ1v) is 3.92. The molecule has 0 spiro atoms. The van der Waals surface area contributed by atoms with Crippen molar-refractivity contribution in [3.05, 3.63) is 42.6 Å². The van der Waals surface area contributed by atoms with Gasteiger partial charge in [-0.15, -0.1) is 0 Å². The Bertz CT molecular complexity index is 289. The number of nitrogens with two attached hydrogens (primary N) is 1. The summed E-state index contributed by atoms with van der Waals surface area (Å²) in [5, 5.41) is 5.17. The molecule has 1 aromatic carbocycles. The molecule has 0 amide bonds. The van der Waals surface area contributed by atoms with E-state index in [9.17, 15) is 0 Å². The molecule has 2 rings (SSSR count). The molecule has 0 aliphatic rings. The Morgan fingerprint density at radius 3 is 2.31 bits per heavy atom. The zero-order valence-corrected chi connectivity index (χ0v) is 7.70. The summed E-state index contributed by atoms with van der Waals surface area (Å²) in [6.45, 7) is 0. The van der Waals surface area contributed by atoms with Gasteiger partial charge in [-0.3, -0.25) is 4.98 Å². The lowest BCUT2D eigenvalue weighted by Crippen LogP contribution is -1.73. The molecule has 3 nitrogen and oxygen atoms in total. The fraction of sp³-hybridized carbons (Fsp3) is 0. The van der Waals surface area contributed by atoms with E-state index in [-0.39, 0.29) is 5.48 Å². The third-order valence-electron chi connectivity index (χ3n) is 1.51. The molecule has 0 atom stereocenters. The third-order valence-corrected chi connectivity index (χ3v) is 1.51. The summed E-state index contributed by atoms with van der Waals surface area (Å²) < 4.78 is 0. The van der Waals surface area contributed by atoms with Gasteiger partial charge in [-0.05, 0) is 23.9 Å². The maximum atomic E-state index is 4.18. The molecule has 2 aromatic rings. The number of nitrogens with zero attached hydrogens (tertiary/aromatic N) is 1. The second kappa shape index (κ2) is 6.37. The van der Waals surface area contributed by atoms with Crippen molar-refractivity contribution >= 4 is 22.7 Å². The molecule has 0 bridgehead atoms. The molecule has 0 unspecified atom stereocenters. The first-order valence-electron chi connectivity index (χ1n) is 3.48. The van der Waals surface area contributed by atoms with E-state index in [1.807, 2.05) is 30.5 Å². The highest BCUT2D eigenvalue weighted by molar-refractivity contribution is 6.11. The zero-order chi connectivity index (χ0) is 8.81. The van der Waals surface area contributed by atoms with Gasteiger partial charge in [-0.1, -0.05) is 24.3 Å². The van der Waals surface area contributed by atoms with Gasteiger partial charge in [0.1, 0.15) is 0 Å². The summed E-state index contributed by atoms with van der Waals surface area (Å²) in [4.78, 5) is 4.18. The number of benzene rings is 1. The lowest BCUT2D eigenvalue weighted by Gasteiger charge is -1.91. The number of pyridine rings is 1. The summed E-state index contributed by atoms with van der Waals surface area (Å²) in [6, 6.07) is 12.1. The topological polar surface area (TPSA) is 70.4 Å². The maximum Gasteiger partial charge on any atom is 0.0701 e. The van der Waals surface area contributed by atoms with Crippen LogP contribution in [0, 0.1) is 0 Å². The molecular weight excluding hydrogens is 188 g/mol. The van der Waals surface area contributed by atoms with Crippen molar-refractivity contribution in [1.29, 1.82) is 0 Å². The minimum absolute atomic E-state index is 0. The fourth-order valence-electron chi connectivity index (χ4n) is 1.02. The van der Waals surface area contributed by atoms with Crippen molar-refractivity contribution in [2.75, 3.05) is 0 Å². The van der Waals surface area contributed by atoms with Gasteiger partial charge in [0.2, 0.25) is 0 Å². The smallest absolute Gasteiger partial charge is 0.0701 e. The van der Waals surface area contributed by atoms with Crippen LogP contribution in [0.5, 0.6) is 0 Å². The maximum absolute atomic E-state index is 4.18. The third kappa shape index (κ3) is 2.99. The first kappa shape index (κ1) is 11.8. The van der Waals surface area contributed by atoms with Crippen molar-refractivity contribution in [1.82, 2.24) is 4.98 Å². The minimum atomic E-state index is 0. The van der Waals surface area contributed by atoms with E-state index in [4.69, 9.17) is 0 Å². The van der Waals surface area contributed by atoms with Crippen molar-refractivity contribution in [2.24, 2.45) is 5.25 Å². The minimum Gasteiger partial charge on any atom is -0.412 e. The molecule has 13 heavy (non-hydrogen) atoms. The average molecular weight is 199 g/mol. The molecule has 1 aromatic heterocycles. The highest BCUT2D eigenvalue weighted by Gasteiger charge is 1.86. The number of aromatic nitrogens is 1. The zero-order valence-electron chi connectivity index (χ0n) is 6.94. The van der Waals surface area contributed by atoms with Crippen LogP contribution in [-0.4, -0.2) is 10.5 Å². The van der Waals surface area contributed by atoms with Gasteiger partial charge in [0.15, 0.2) is 0 Å². The van der Waals surface area contributed by atoms with Crippen LogP contribution in [0.2, 0.25) is 0 Å². The molecule has 0 saturated carbocycles. The fourth-order valence-corrected chi connectivity index (χ4v) is 1.02. The number of para-hydroxylation sites is 1. The van der Waals surface area contributed by atoms with E-state index in [1.54, 1.807) is 0 Å². The number of hydrogen-bond donors (Lipinski definition) is 1. The Morgan fingerprint density at radius 2 is 1.62 bits per heavy atom. The Morgan fingerprint density at radius 1 is 1.00 bits per heavy atom. The Hall–Kier alpha value is -1.16. The van der Waals surface area contributed by atoms with Gasteiger partial charge in [0.05, 0.1) is 5.52 Å². The normalized spacial score (nSPS) is 8.15. The van der Waals surface area contributed by atoms with Gasteiger partial charge >= 0.3 is 0 Å². The van der Waals surface area contributed by atoms with Crippen LogP contribution in [0.25, 0.3) is 10.9 Å². The molecule has 4 N–H and O–H groups in total. The highest BCUT2D eigenvalue weighted by Crippen LogP contribution is 2.07. The summed E-state index contributed by atoms with van der Waals surface area (Å²) in [7, 11) is 0. The summed E-state index contributed by atoms with van der Waals surface area (Å²) in [6.07, 6.45) is 1.81. The van der Waals surface area contributed by atoms with Crippen molar-refractivity contribution in [2.45, 2.75) is 0 Å². The molecule has 70 valence electrons. The second-order valence-electron chi connectivity index (χ2n) is 2.20. The largest absolute Gasteiger partial charge is 0.412 e. The molecule has 4 heteroatoms. The number of rotatable bonds is 0. The monoisotopic (exact) mass is 198 g/mol. The van der Waals surface area contributed by atoms with Gasteiger partial charge in [0.25, 0.3) is 0 Å². The van der Waals surface area contributed by atoms with Crippen LogP contribution in [-0.2, 0) is 0 Å². The van der Waals surface area contributed by atoms with E-state index >= 15 is 0 Å². The van der Waals surface area contributed by atoms with E-state index in [1.165, 1.54) is 5.39 Å². The summed E-state index contributed by atoms with van der Waals surface area (Å²) >= 11 is 4.14. The number of fused-ring (bicyclic) bond motifs is 1.